The zero-order valence-electron chi connectivity index (χ0n) is 7.90. The van der Waals surface area contributed by atoms with E-state index in [1.165, 1.54) is 6.92 Å². The molecular weight excluding hydrogens is 180 g/mol. The van der Waals surface area contributed by atoms with Crippen molar-refractivity contribution < 1.29 is 9.90 Å². The van der Waals surface area contributed by atoms with Crippen LogP contribution >= 0.6 is 0 Å². The van der Waals surface area contributed by atoms with Crippen molar-refractivity contribution in [3.63, 3.8) is 0 Å². The van der Waals surface area contributed by atoms with Gasteiger partial charge in [-0.25, -0.2) is 0 Å². The minimum absolute atomic E-state index is 0.291. The summed E-state index contributed by atoms with van der Waals surface area (Å²) in [5.74, 6) is -0.395. The molecule has 0 aromatic carbocycles. The Morgan fingerprint density at radius 2 is 2.43 bits per heavy atom. The number of nitrogens with one attached hydrogen (secondary N) is 1. The Hall–Kier alpha value is -1.68. The first-order valence-electron chi connectivity index (χ1n) is 4.19. The molecule has 1 atom stereocenters. The molecule has 0 radical (unpaired) electrons. The van der Waals surface area contributed by atoms with Crippen LogP contribution in [-0.4, -0.2) is 22.2 Å². The highest BCUT2D eigenvalue weighted by Crippen LogP contribution is 2.09. The summed E-state index contributed by atoms with van der Waals surface area (Å²) < 4.78 is 0. The van der Waals surface area contributed by atoms with Gasteiger partial charge in [-0.3, -0.25) is 9.78 Å². The van der Waals surface area contributed by atoms with E-state index in [0.29, 0.717) is 11.1 Å². The average molecular weight is 192 g/mol. The first kappa shape index (κ1) is 10.4. The van der Waals surface area contributed by atoms with Gasteiger partial charge in [-0.15, -0.1) is 0 Å². The number of amides is 1. The van der Waals surface area contributed by atoms with Crippen molar-refractivity contribution in [1.29, 1.82) is 0 Å². The number of hydrogen-bond donors (Lipinski definition) is 2. The molecule has 4 nitrogen and oxygen atoms in total. The maximum atomic E-state index is 11.4. The summed E-state index contributed by atoms with van der Waals surface area (Å²) in [5, 5.41) is 11.3. The Bertz CT molecular complexity index is 333. The second-order valence-electron chi connectivity index (χ2n) is 2.87. The van der Waals surface area contributed by atoms with Crippen molar-refractivity contribution in [3.8, 4) is 0 Å². The second kappa shape index (κ2) is 4.53. The second-order valence-corrected chi connectivity index (χ2v) is 2.87. The molecule has 0 aliphatic heterocycles. The summed E-state index contributed by atoms with van der Waals surface area (Å²) in [5.41, 5.74) is 0.935. The van der Waals surface area contributed by atoms with E-state index in [-0.39, 0.29) is 0 Å². The lowest BCUT2D eigenvalue weighted by atomic mass is 10.1. The van der Waals surface area contributed by atoms with E-state index in [1.54, 1.807) is 24.5 Å². The minimum atomic E-state index is -0.879. The highest BCUT2D eigenvalue weighted by Gasteiger charge is 2.10. The third kappa shape index (κ3) is 2.67. The normalized spacial score (nSPS) is 11.9. The highest BCUT2D eigenvalue weighted by atomic mass is 16.3. The Kier molecular flexibility index (Phi) is 3.36. The quantitative estimate of drug-likeness (QED) is 0.543. The van der Waals surface area contributed by atoms with Crippen LogP contribution in [0.15, 0.2) is 31.1 Å². The topological polar surface area (TPSA) is 62.2 Å². The van der Waals surface area contributed by atoms with Crippen molar-refractivity contribution in [2.45, 2.75) is 13.2 Å². The zero-order valence-corrected chi connectivity index (χ0v) is 7.90. The Balaban J connectivity index is 2.72. The standard InChI is InChI=1S/C10H12N2O2/c1-7(10(14)12-8(2)13)9-4-3-5-11-6-9/h3-6,8,13H,1H2,2H3,(H,12,14). The van der Waals surface area contributed by atoms with E-state index in [9.17, 15) is 4.79 Å². The third-order valence-electron chi connectivity index (χ3n) is 1.62. The van der Waals surface area contributed by atoms with Crippen LogP contribution in [0.5, 0.6) is 0 Å². The molecule has 4 heteroatoms. The lowest BCUT2D eigenvalue weighted by molar-refractivity contribution is -0.118. The number of hydrogen-bond acceptors (Lipinski definition) is 3. The van der Waals surface area contributed by atoms with E-state index in [1.807, 2.05) is 0 Å². The Morgan fingerprint density at radius 1 is 1.71 bits per heavy atom. The third-order valence-corrected chi connectivity index (χ3v) is 1.62. The molecule has 14 heavy (non-hydrogen) atoms. The molecule has 0 fully saturated rings. The van der Waals surface area contributed by atoms with Gasteiger partial charge in [0.1, 0.15) is 6.23 Å². The summed E-state index contributed by atoms with van der Waals surface area (Å²) in [4.78, 5) is 15.2. The highest BCUT2D eigenvalue weighted by molar-refractivity contribution is 6.18. The summed E-state index contributed by atoms with van der Waals surface area (Å²) in [6, 6.07) is 3.45. The number of carbonyl (C=O) groups excluding carboxylic acids is 1. The number of aliphatic hydroxyl groups is 1. The predicted molar refractivity (Wildman–Crippen MR) is 53.1 cm³/mol. The van der Waals surface area contributed by atoms with Crippen molar-refractivity contribution in [3.05, 3.63) is 36.7 Å². The minimum Gasteiger partial charge on any atom is -0.374 e. The van der Waals surface area contributed by atoms with E-state index in [2.05, 4.69) is 16.9 Å². The fourth-order valence-corrected chi connectivity index (χ4v) is 0.949. The van der Waals surface area contributed by atoms with E-state index in [0.717, 1.165) is 0 Å². The molecule has 1 unspecified atom stereocenters. The first-order valence-corrected chi connectivity index (χ1v) is 4.19. The maximum absolute atomic E-state index is 11.4. The fourth-order valence-electron chi connectivity index (χ4n) is 0.949. The molecule has 1 aromatic rings. The van der Waals surface area contributed by atoms with Crippen LogP contribution in [0.4, 0.5) is 0 Å². The number of rotatable bonds is 3. The van der Waals surface area contributed by atoms with Crippen LogP contribution in [0.2, 0.25) is 0 Å². The molecule has 0 bridgehead atoms. The van der Waals surface area contributed by atoms with E-state index in [4.69, 9.17) is 5.11 Å². The van der Waals surface area contributed by atoms with Gasteiger partial charge in [0.05, 0.1) is 0 Å². The van der Waals surface area contributed by atoms with Gasteiger partial charge in [-0.05, 0) is 13.0 Å². The Labute approximate surface area is 82.3 Å². The number of carbonyl (C=O) groups is 1. The van der Waals surface area contributed by atoms with Crippen molar-refractivity contribution >= 4 is 11.5 Å². The zero-order chi connectivity index (χ0) is 10.6. The van der Waals surface area contributed by atoms with Crippen LogP contribution in [0, 0.1) is 0 Å². The van der Waals surface area contributed by atoms with Crippen LogP contribution in [0.3, 0.4) is 0 Å². The van der Waals surface area contributed by atoms with E-state index >= 15 is 0 Å². The number of nitrogens with zero attached hydrogens (tertiary/aromatic N) is 1. The summed E-state index contributed by atoms with van der Waals surface area (Å²) in [7, 11) is 0. The van der Waals surface area contributed by atoms with Gasteiger partial charge in [0.15, 0.2) is 0 Å². The Morgan fingerprint density at radius 3 is 2.93 bits per heavy atom. The molecular formula is C10H12N2O2. The lowest BCUT2D eigenvalue weighted by Crippen LogP contribution is -2.32. The van der Waals surface area contributed by atoms with E-state index < -0.39 is 12.1 Å². The fraction of sp³-hybridized carbons (Fsp3) is 0.200. The van der Waals surface area contributed by atoms with Gasteiger partial charge in [-0.1, -0.05) is 12.6 Å². The molecule has 1 rings (SSSR count). The molecule has 74 valence electrons. The largest absolute Gasteiger partial charge is 0.374 e. The molecule has 0 aliphatic rings. The molecule has 2 N–H and O–H groups in total. The van der Waals surface area contributed by atoms with Gasteiger partial charge < -0.3 is 10.4 Å². The smallest absolute Gasteiger partial charge is 0.253 e. The first-order chi connectivity index (χ1) is 6.61. The van der Waals surface area contributed by atoms with Gasteiger partial charge >= 0.3 is 0 Å². The predicted octanol–water partition coefficient (Wildman–Crippen LogP) is 0.549. The van der Waals surface area contributed by atoms with Gasteiger partial charge in [-0.2, -0.15) is 0 Å². The van der Waals surface area contributed by atoms with Crippen molar-refractivity contribution in [2.75, 3.05) is 0 Å². The summed E-state index contributed by atoms with van der Waals surface area (Å²) >= 11 is 0. The molecule has 1 heterocycles. The number of aromatic nitrogens is 1. The van der Waals surface area contributed by atoms with Crippen LogP contribution < -0.4 is 5.32 Å². The lowest BCUT2D eigenvalue weighted by Gasteiger charge is -2.09. The molecule has 0 aliphatic carbocycles. The number of pyridine rings is 1. The van der Waals surface area contributed by atoms with Crippen LogP contribution in [0.1, 0.15) is 12.5 Å². The maximum Gasteiger partial charge on any atom is 0.253 e. The molecule has 0 spiro atoms. The van der Waals surface area contributed by atoms with Crippen molar-refractivity contribution in [1.82, 2.24) is 10.3 Å². The molecule has 1 aromatic heterocycles. The van der Waals surface area contributed by atoms with Crippen LogP contribution in [0.25, 0.3) is 5.57 Å². The summed E-state index contributed by atoms with van der Waals surface area (Å²) in [6.07, 6.45) is 2.28. The summed E-state index contributed by atoms with van der Waals surface area (Å²) in [6.45, 7) is 5.08. The van der Waals surface area contributed by atoms with Gasteiger partial charge in [0, 0.05) is 23.5 Å². The number of aliphatic hydroxyl groups excluding tert-OH is 1. The van der Waals surface area contributed by atoms with Crippen molar-refractivity contribution in [2.24, 2.45) is 0 Å². The molecule has 0 saturated heterocycles. The van der Waals surface area contributed by atoms with Crippen LogP contribution in [-0.2, 0) is 4.79 Å². The van der Waals surface area contributed by atoms with Gasteiger partial charge in [0.2, 0.25) is 0 Å². The molecule has 1 amide bonds. The SMILES string of the molecule is C=C(C(=O)NC(C)O)c1cccnc1. The van der Waals surface area contributed by atoms with Gasteiger partial charge in [0.25, 0.3) is 5.91 Å². The monoisotopic (exact) mass is 192 g/mol. The molecule has 0 saturated carbocycles. The average Bonchev–Trinajstić information content (AvgIpc) is 2.17.